The van der Waals surface area contributed by atoms with E-state index in [9.17, 15) is 0 Å². The molecule has 0 saturated carbocycles. The van der Waals surface area contributed by atoms with Crippen molar-refractivity contribution in [1.29, 1.82) is 0 Å². The number of rotatable bonds is 5. The number of hydrogen-bond donors (Lipinski definition) is 0. The molecule has 0 aliphatic carbocycles. The van der Waals surface area contributed by atoms with Crippen molar-refractivity contribution in [3.8, 4) is 21.6 Å². The molecule has 1 heteroatoms. The van der Waals surface area contributed by atoms with Crippen LogP contribution in [0, 0.1) is 0 Å². The minimum atomic E-state index is 1.04. The minimum Gasteiger partial charge on any atom is -0.144 e. The van der Waals surface area contributed by atoms with Crippen LogP contribution in [0.2, 0.25) is 0 Å². The molecule has 0 aliphatic heterocycles. The van der Waals surface area contributed by atoms with E-state index in [1.807, 2.05) is 6.08 Å². The van der Waals surface area contributed by atoms with Crippen LogP contribution in [0.15, 0.2) is 78.7 Å². The second-order valence-corrected chi connectivity index (χ2v) is 6.03. The zero-order valence-corrected chi connectivity index (χ0v) is 12.8. The summed E-state index contributed by atoms with van der Waals surface area (Å²) in [5, 5.41) is 2.12. The summed E-state index contributed by atoms with van der Waals surface area (Å²) in [5.41, 5.74) is 5.20. The van der Waals surface area contributed by atoms with Crippen LogP contribution in [-0.4, -0.2) is 0 Å². The summed E-state index contributed by atoms with van der Waals surface area (Å²) in [7, 11) is 0. The molecule has 1 heterocycles. The fraction of sp³-hybridized carbons (Fsp3) is 0.100. The molecule has 0 unspecified atom stereocenters. The molecule has 0 fully saturated rings. The van der Waals surface area contributed by atoms with Gasteiger partial charge in [-0.15, -0.1) is 17.9 Å². The van der Waals surface area contributed by atoms with Gasteiger partial charge in [-0.25, -0.2) is 0 Å². The zero-order chi connectivity index (χ0) is 14.5. The molecule has 0 amide bonds. The van der Waals surface area contributed by atoms with Gasteiger partial charge in [0.15, 0.2) is 0 Å². The van der Waals surface area contributed by atoms with Crippen molar-refractivity contribution >= 4 is 11.3 Å². The highest BCUT2D eigenvalue weighted by molar-refractivity contribution is 7.13. The third-order valence-electron chi connectivity index (χ3n) is 3.61. The van der Waals surface area contributed by atoms with Gasteiger partial charge in [-0.1, -0.05) is 60.7 Å². The Labute approximate surface area is 130 Å². The van der Waals surface area contributed by atoms with Crippen molar-refractivity contribution in [3.05, 3.63) is 84.3 Å². The Kier molecular flexibility index (Phi) is 4.32. The average Bonchev–Trinajstić information content (AvgIpc) is 3.08. The molecule has 0 radical (unpaired) electrons. The lowest BCUT2D eigenvalue weighted by atomic mass is 10.0. The lowest BCUT2D eigenvalue weighted by Crippen LogP contribution is -1.84. The van der Waals surface area contributed by atoms with Crippen LogP contribution in [0.25, 0.3) is 21.6 Å². The van der Waals surface area contributed by atoms with Crippen LogP contribution in [0.4, 0.5) is 0 Å². The van der Waals surface area contributed by atoms with Gasteiger partial charge in [0, 0.05) is 4.88 Å². The second kappa shape index (κ2) is 6.55. The summed E-state index contributed by atoms with van der Waals surface area (Å²) in [6, 6.07) is 21.9. The molecule has 0 aliphatic rings. The maximum absolute atomic E-state index is 3.77. The fourth-order valence-corrected chi connectivity index (χ4v) is 3.14. The molecule has 0 atom stereocenters. The van der Waals surface area contributed by atoms with E-state index in [0.717, 1.165) is 12.8 Å². The summed E-state index contributed by atoms with van der Waals surface area (Å²) in [6.07, 6.45) is 4.08. The SMILES string of the molecule is C=CCCc1ccc(-c2ccc(-c3cccs3)cc2)cc1. The maximum Gasteiger partial charge on any atom is 0.0342 e. The first-order valence-electron chi connectivity index (χ1n) is 7.21. The first kappa shape index (κ1) is 13.8. The van der Waals surface area contributed by atoms with E-state index in [-0.39, 0.29) is 0 Å². The lowest BCUT2D eigenvalue weighted by molar-refractivity contribution is 1.00. The Bertz CT molecular complexity index is 689. The number of allylic oxidation sites excluding steroid dienone is 1. The van der Waals surface area contributed by atoms with Crippen molar-refractivity contribution in [2.24, 2.45) is 0 Å². The van der Waals surface area contributed by atoms with E-state index in [1.54, 1.807) is 11.3 Å². The standard InChI is InChI=1S/C20H18S/c1-2-3-5-16-7-9-17(10-8-16)18-11-13-19(14-12-18)20-6-4-15-21-20/h2,4,6-15H,1,3,5H2. The third kappa shape index (κ3) is 3.32. The molecule has 3 aromatic rings. The zero-order valence-electron chi connectivity index (χ0n) is 12.0. The molecule has 3 rings (SSSR count). The van der Waals surface area contributed by atoms with Gasteiger partial charge < -0.3 is 0 Å². The largest absolute Gasteiger partial charge is 0.144 e. The van der Waals surface area contributed by atoms with Gasteiger partial charge in [0.25, 0.3) is 0 Å². The number of aryl methyl sites for hydroxylation is 1. The molecule has 0 N–H and O–H groups in total. The molecule has 21 heavy (non-hydrogen) atoms. The highest BCUT2D eigenvalue weighted by atomic mass is 32.1. The lowest BCUT2D eigenvalue weighted by Gasteiger charge is -2.05. The van der Waals surface area contributed by atoms with E-state index in [1.165, 1.54) is 27.1 Å². The maximum atomic E-state index is 3.77. The van der Waals surface area contributed by atoms with Gasteiger partial charge in [0.05, 0.1) is 0 Å². The normalized spacial score (nSPS) is 10.5. The predicted octanol–water partition coefficient (Wildman–Crippen LogP) is 6.20. The monoisotopic (exact) mass is 290 g/mol. The first-order valence-corrected chi connectivity index (χ1v) is 8.09. The fourth-order valence-electron chi connectivity index (χ4n) is 2.40. The van der Waals surface area contributed by atoms with Gasteiger partial charge in [-0.2, -0.15) is 0 Å². The molecular formula is C20H18S. The third-order valence-corrected chi connectivity index (χ3v) is 4.53. The summed E-state index contributed by atoms with van der Waals surface area (Å²) in [5.74, 6) is 0. The topological polar surface area (TPSA) is 0 Å². The van der Waals surface area contributed by atoms with Gasteiger partial charge in [-0.05, 0) is 46.5 Å². The number of thiophene rings is 1. The Morgan fingerprint density at radius 2 is 1.43 bits per heavy atom. The van der Waals surface area contributed by atoms with Crippen molar-refractivity contribution < 1.29 is 0 Å². The highest BCUT2D eigenvalue weighted by Crippen LogP contribution is 2.27. The summed E-state index contributed by atoms with van der Waals surface area (Å²) >= 11 is 1.78. The molecule has 0 bridgehead atoms. The minimum absolute atomic E-state index is 1.04. The molecule has 0 nitrogen and oxygen atoms in total. The van der Waals surface area contributed by atoms with Crippen molar-refractivity contribution in [2.75, 3.05) is 0 Å². The molecule has 2 aromatic carbocycles. The van der Waals surface area contributed by atoms with Gasteiger partial charge in [0.2, 0.25) is 0 Å². The summed E-state index contributed by atoms with van der Waals surface area (Å²) in [6.45, 7) is 3.77. The second-order valence-electron chi connectivity index (χ2n) is 5.08. The van der Waals surface area contributed by atoms with Crippen LogP contribution < -0.4 is 0 Å². The number of benzene rings is 2. The molecule has 0 spiro atoms. The van der Waals surface area contributed by atoms with Crippen LogP contribution >= 0.6 is 11.3 Å². The Hall–Kier alpha value is -2.12. The van der Waals surface area contributed by atoms with Crippen molar-refractivity contribution in [3.63, 3.8) is 0 Å². The Morgan fingerprint density at radius 1 is 0.810 bits per heavy atom. The van der Waals surface area contributed by atoms with Gasteiger partial charge in [0.1, 0.15) is 0 Å². The first-order chi connectivity index (χ1) is 10.4. The van der Waals surface area contributed by atoms with E-state index in [2.05, 4.69) is 72.6 Å². The van der Waals surface area contributed by atoms with Crippen molar-refractivity contribution in [1.82, 2.24) is 0 Å². The summed E-state index contributed by atoms with van der Waals surface area (Å²) in [4.78, 5) is 1.32. The van der Waals surface area contributed by atoms with Crippen LogP contribution in [-0.2, 0) is 6.42 Å². The predicted molar refractivity (Wildman–Crippen MR) is 93.7 cm³/mol. The summed E-state index contributed by atoms with van der Waals surface area (Å²) < 4.78 is 0. The Morgan fingerprint density at radius 3 is 2.00 bits per heavy atom. The van der Waals surface area contributed by atoms with Crippen LogP contribution in [0.3, 0.4) is 0 Å². The van der Waals surface area contributed by atoms with E-state index >= 15 is 0 Å². The average molecular weight is 290 g/mol. The van der Waals surface area contributed by atoms with Crippen LogP contribution in [0.5, 0.6) is 0 Å². The molecule has 1 aromatic heterocycles. The van der Waals surface area contributed by atoms with Gasteiger partial charge >= 0.3 is 0 Å². The smallest absolute Gasteiger partial charge is 0.0342 e. The van der Waals surface area contributed by atoms with Crippen molar-refractivity contribution in [2.45, 2.75) is 12.8 Å². The molecular weight excluding hydrogens is 272 g/mol. The highest BCUT2D eigenvalue weighted by Gasteiger charge is 2.01. The van der Waals surface area contributed by atoms with Crippen LogP contribution in [0.1, 0.15) is 12.0 Å². The quantitative estimate of drug-likeness (QED) is 0.491. The molecule has 104 valence electrons. The van der Waals surface area contributed by atoms with E-state index in [0.29, 0.717) is 0 Å². The Balaban J connectivity index is 1.79. The van der Waals surface area contributed by atoms with Gasteiger partial charge in [-0.3, -0.25) is 0 Å². The molecule has 0 saturated heterocycles. The number of hydrogen-bond acceptors (Lipinski definition) is 1. The van der Waals surface area contributed by atoms with E-state index < -0.39 is 0 Å². The van der Waals surface area contributed by atoms with E-state index in [4.69, 9.17) is 0 Å².